The second kappa shape index (κ2) is 8.27. The van der Waals surface area contributed by atoms with Crippen LogP contribution in [0.1, 0.15) is 54.1 Å². The molecule has 1 saturated carbocycles. The number of benzene rings is 1. The van der Waals surface area contributed by atoms with Gasteiger partial charge in [-0.3, -0.25) is 14.6 Å². The van der Waals surface area contributed by atoms with E-state index in [0.717, 1.165) is 55.2 Å². The van der Waals surface area contributed by atoms with Crippen LogP contribution >= 0.6 is 0 Å². The number of hydrogen-bond donors (Lipinski definition) is 2. The first-order valence-corrected chi connectivity index (χ1v) is 10.2. The molecule has 0 bridgehead atoms. The lowest BCUT2D eigenvalue weighted by Crippen LogP contribution is -2.33. The Bertz CT molecular complexity index is 876. The Morgan fingerprint density at radius 2 is 1.96 bits per heavy atom. The summed E-state index contributed by atoms with van der Waals surface area (Å²) in [7, 11) is 0. The molecule has 6 nitrogen and oxygen atoms in total. The highest BCUT2D eigenvalue weighted by Crippen LogP contribution is 2.33. The number of carbonyl (C=O) groups is 2. The number of fused-ring (bicyclic) bond motifs is 1. The maximum Gasteiger partial charge on any atom is 0.252 e. The monoisotopic (exact) mass is 381 g/mol. The number of aliphatic hydroxyl groups excluding tert-OH is 1. The summed E-state index contributed by atoms with van der Waals surface area (Å²) in [5.41, 5.74) is 2.24. The van der Waals surface area contributed by atoms with Gasteiger partial charge in [0.15, 0.2) is 0 Å². The number of amides is 2. The number of rotatable bonds is 5. The minimum atomic E-state index is -0.203. The van der Waals surface area contributed by atoms with Crippen molar-refractivity contribution in [2.45, 2.75) is 38.0 Å². The van der Waals surface area contributed by atoms with E-state index < -0.39 is 0 Å². The van der Waals surface area contributed by atoms with Crippen molar-refractivity contribution in [3.8, 4) is 0 Å². The number of aliphatic hydroxyl groups is 1. The van der Waals surface area contributed by atoms with Crippen molar-refractivity contribution in [1.82, 2.24) is 15.2 Å². The van der Waals surface area contributed by atoms with Gasteiger partial charge in [0.25, 0.3) is 5.91 Å². The molecule has 1 aromatic carbocycles. The molecular formula is C22H27N3O3. The largest absolute Gasteiger partial charge is 0.395 e. The number of aromatic nitrogens is 1. The lowest BCUT2D eigenvalue weighted by molar-refractivity contribution is -0.134. The Morgan fingerprint density at radius 3 is 2.75 bits per heavy atom. The standard InChI is InChI=1S/C22H27N3O3/c26-12-10-23-21(27)18-13-20(24-19-8-4-3-7-17(18)19)16-9-11-25(14-16)22(28)15-5-1-2-6-15/h3-4,7-8,13,15-16,26H,1-2,5-6,9-12,14H2,(H,23,27)/t16-/m0/s1. The van der Waals surface area contributed by atoms with Crippen molar-refractivity contribution in [3.05, 3.63) is 41.6 Å². The van der Waals surface area contributed by atoms with Crippen molar-refractivity contribution in [3.63, 3.8) is 0 Å². The summed E-state index contributed by atoms with van der Waals surface area (Å²) in [4.78, 5) is 32.2. The first kappa shape index (κ1) is 18.9. The minimum absolute atomic E-state index is 0.0948. The summed E-state index contributed by atoms with van der Waals surface area (Å²) in [6.45, 7) is 1.57. The van der Waals surface area contributed by atoms with Gasteiger partial charge in [-0.15, -0.1) is 0 Å². The second-order valence-electron chi connectivity index (χ2n) is 7.84. The highest BCUT2D eigenvalue weighted by molar-refractivity contribution is 6.06. The molecule has 6 heteroatoms. The SMILES string of the molecule is O=C(NCCO)c1cc([C@H]2CCN(C(=O)C3CCCC3)C2)nc2ccccc12. The molecule has 2 aliphatic rings. The number of likely N-dealkylation sites (tertiary alicyclic amines) is 1. The van der Waals surface area contributed by atoms with E-state index in [2.05, 4.69) is 5.32 Å². The molecular weight excluding hydrogens is 354 g/mol. The quantitative estimate of drug-likeness (QED) is 0.834. The van der Waals surface area contributed by atoms with E-state index in [1.54, 1.807) is 0 Å². The number of nitrogens with one attached hydrogen (secondary N) is 1. The molecule has 0 unspecified atom stereocenters. The van der Waals surface area contributed by atoms with Gasteiger partial charge in [-0.25, -0.2) is 0 Å². The first-order chi connectivity index (χ1) is 13.7. The zero-order chi connectivity index (χ0) is 19.5. The van der Waals surface area contributed by atoms with Gasteiger partial charge in [0.1, 0.15) is 0 Å². The molecule has 1 aromatic heterocycles. The minimum Gasteiger partial charge on any atom is -0.395 e. The van der Waals surface area contributed by atoms with Crippen LogP contribution in [0.2, 0.25) is 0 Å². The number of para-hydroxylation sites is 1. The van der Waals surface area contributed by atoms with Crippen molar-refractivity contribution in [2.24, 2.45) is 5.92 Å². The van der Waals surface area contributed by atoms with Gasteiger partial charge in [0.05, 0.1) is 17.7 Å². The zero-order valence-corrected chi connectivity index (χ0v) is 16.1. The van der Waals surface area contributed by atoms with Gasteiger partial charge < -0.3 is 15.3 Å². The van der Waals surface area contributed by atoms with Gasteiger partial charge in [0, 0.05) is 42.6 Å². The van der Waals surface area contributed by atoms with Crippen LogP contribution in [0.25, 0.3) is 10.9 Å². The van der Waals surface area contributed by atoms with E-state index in [4.69, 9.17) is 10.1 Å². The summed E-state index contributed by atoms with van der Waals surface area (Å²) < 4.78 is 0. The van der Waals surface area contributed by atoms with Gasteiger partial charge in [-0.05, 0) is 31.4 Å². The van der Waals surface area contributed by atoms with Crippen LogP contribution in [0.5, 0.6) is 0 Å². The second-order valence-corrected chi connectivity index (χ2v) is 7.84. The molecule has 2 amide bonds. The highest BCUT2D eigenvalue weighted by atomic mass is 16.3. The predicted molar refractivity (Wildman–Crippen MR) is 107 cm³/mol. The molecule has 2 fully saturated rings. The fraction of sp³-hybridized carbons (Fsp3) is 0.500. The number of carbonyl (C=O) groups excluding carboxylic acids is 2. The van der Waals surface area contributed by atoms with Crippen LogP contribution in [0.3, 0.4) is 0 Å². The third-order valence-electron chi connectivity index (χ3n) is 6.00. The Balaban J connectivity index is 1.58. The molecule has 1 saturated heterocycles. The third-order valence-corrected chi connectivity index (χ3v) is 6.00. The normalized spacial score (nSPS) is 20.0. The molecule has 2 heterocycles. The maximum absolute atomic E-state index is 12.7. The molecule has 0 radical (unpaired) electrons. The van der Waals surface area contributed by atoms with Gasteiger partial charge in [-0.1, -0.05) is 31.0 Å². The lowest BCUT2D eigenvalue weighted by atomic mass is 9.99. The van der Waals surface area contributed by atoms with E-state index in [-0.39, 0.29) is 30.9 Å². The summed E-state index contributed by atoms with van der Waals surface area (Å²) in [5.74, 6) is 0.440. The van der Waals surface area contributed by atoms with Crippen LogP contribution in [0, 0.1) is 5.92 Å². The average Bonchev–Trinajstić information content (AvgIpc) is 3.43. The van der Waals surface area contributed by atoms with E-state index in [1.165, 1.54) is 0 Å². The molecule has 2 aromatic rings. The highest BCUT2D eigenvalue weighted by Gasteiger charge is 2.33. The smallest absolute Gasteiger partial charge is 0.252 e. The fourth-order valence-electron chi connectivity index (χ4n) is 4.49. The van der Waals surface area contributed by atoms with Crippen LogP contribution < -0.4 is 5.32 Å². The van der Waals surface area contributed by atoms with Crippen LogP contribution in [-0.2, 0) is 4.79 Å². The van der Waals surface area contributed by atoms with Crippen LogP contribution in [-0.4, -0.2) is 53.0 Å². The van der Waals surface area contributed by atoms with Crippen molar-refractivity contribution < 1.29 is 14.7 Å². The van der Waals surface area contributed by atoms with E-state index in [1.807, 2.05) is 35.2 Å². The summed E-state index contributed by atoms with van der Waals surface area (Å²) in [6.07, 6.45) is 5.23. The fourth-order valence-corrected chi connectivity index (χ4v) is 4.49. The molecule has 4 rings (SSSR count). The molecule has 1 aliphatic carbocycles. The van der Waals surface area contributed by atoms with Crippen LogP contribution in [0.4, 0.5) is 0 Å². The Kier molecular flexibility index (Phi) is 5.57. The van der Waals surface area contributed by atoms with Crippen LogP contribution in [0.15, 0.2) is 30.3 Å². The Labute approximate surface area is 164 Å². The zero-order valence-electron chi connectivity index (χ0n) is 16.1. The van der Waals surface area contributed by atoms with E-state index >= 15 is 0 Å². The molecule has 0 spiro atoms. The maximum atomic E-state index is 12.7. The predicted octanol–water partition coefficient (Wildman–Crippen LogP) is 2.46. The lowest BCUT2D eigenvalue weighted by Gasteiger charge is -2.20. The Morgan fingerprint density at radius 1 is 1.18 bits per heavy atom. The third kappa shape index (κ3) is 3.74. The molecule has 148 valence electrons. The summed E-state index contributed by atoms with van der Waals surface area (Å²) in [6, 6.07) is 9.48. The van der Waals surface area contributed by atoms with E-state index in [9.17, 15) is 9.59 Å². The molecule has 1 aliphatic heterocycles. The summed E-state index contributed by atoms with van der Waals surface area (Å²) >= 11 is 0. The van der Waals surface area contributed by atoms with Crippen molar-refractivity contribution in [1.29, 1.82) is 0 Å². The van der Waals surface area contributed by atoms with Gasteiger partial charge in [-0.2, -0.15) is 0 Å². The van der Waals surface area contributed by atoms with Crippen molar-refractivity contribution in [2.75, 3.05) is 26.2 Å². The Hall–Kier alpha value is -2.47. The summed E-state index contributed by atoms with van der Waals surface area (Å²) in [5, 5.41) is 12.6. The number of pyridine rings is 1. The first-order valence-electron chi connectivity index (χ1n) is 10.2. The molecule has 28 heavy (non-hydrogen) atoms. The van der Waals surface area contributed by atoms with Crippen molar-refractivity contribution >= 4 is 22.7 Å². The van der Waals surface area contributed by atoms with Gasteiger partial charge >= 0.3 is 0 Å². The topological polar surface area (TPSA) is 82.5 Å². The van der Waals surface area contributed by atoms with Gasteiger partial charge in [0.2, 0.25) is 5.91 Å². The number of nitrogens with zero attached hydrogens (tertiary/aromatic N) is 2. The average molecular weight is 381 g/mol. The molecule has 1 atom stereocenters. The molecule has 2 N–H and O–H groups in total. The van der Waals surface area contributed by atoms with E-state index in [0.29, 0.717) is 18.0 Å². The number of hydrogen-bond acceptors (Lipinski definition) is 4.